The normalized spacial score (nSPS) is 12.3. The first-order valence-electron chi connectivity index (χ1n) is 6.79. The molecule has 0 aromatic heterocycles. The predicted octanol–water partition coefficient (Wildman–Crippen LogP) is 2.04. The molecule has 0 bridgehead atoms. The fraction of sp³-hybridized carbons (Fsp3) is 0.533. The number of amides is 1. The zero-order valence-electron chi connectivity index (χ0n) is 12.3. The zero-order chi connectivity index (χ0) is 15.1. The lowest BCUT2D eigenvalue weighted by atomic mass is 10.0. The molecular formula is C15H23FN2O2. The number of nitrogens with two attached hydrogens (primary N) is 1. The van der Waals surface area contributed by atoms with E-state index in [4.69, 9.17) is 10.5 Å². The number of carbonyl (C=O) groups excluding carboxylic acids is 1. The van der Waals surface area contributed by atoms with E-state index in [1.54, 1.807) is 25.2 Å². The van der Waals surface area contributed by atoms with E-state index >= 15 is 0 Å². The van der Waals surface area contributed by atoms with Gasteiger partial charge >= 0.3 is 0 Å². The van der Waals surface area contributed by atoms with Crippen LogP contribution in [0.1, 0.15) is 20.3 Å². The van der Waals surface area contributed by atoms with Gasteiger partial charge in [0.05, 0.1) is 12.6 Å². The second-order valence-corrected chi connectivity index (χ2v) is 5.27. The van der Waals surface area contributed by atoms with Crippen molar-refractivity contribution < 1.29 is 13.9 Å². The maximum Gasteiger partial charge on any atom is 0.239 e. The van der Waals surface area contributed by atoms with E-state index in [0.717, 1.165) is 0 Å². The first-order valence-corrected chi connectivity index (χ1v) is 6.79. The highest BCUT2D eigenvalue weighted by Gasteiger charge is 2.18. The molecule has 0 saturated carbocycles. The molecule has 0 saturated heterocycles. The van der Waals surface area contributed by atoms with Crippen molar-refractivity contribution >= 4 is 5.91 Å². The van der Waals surface area contributed by atoms with Crippen LogP contribution in [0, 0.1) is 11.7 Å². The molecule has 1 aromatic carbocycles. The Kier molecular flexibility index (Phi) is 6.45. The molecule has 0 aliphatic carbocycles. The maximum atomic E-state index is 13.3. The van der Waals surface area contributed by atoms with Crippen LogP contribution in [0.15, 0.2) is 24.3 Å². The largest absolute Gasteiger partial charge is 0.489 e. The average Bonchev–Trinajstić information content (AvgIpc) is 2.39. The molecule has 4 nitrogen and oxygen atoms in total. The van der Waals surface area contributed by atoms with Crippen molar-refractivity contribution in [2.45, 2.75) is 26.3 Å². The third kappa shape index (κ3) is 5.17. The maximum absolute atomic E-state index is 13.3. The quantitative estimate of drug-likeness (QED) is 0.832. The summed E-state index contributed by atoms with van der Waals surface area (Å²) >= 11 is 0. The van der Waals surface area contributed by atoms with Crippen LogP contribution in [0.4, 0.5) is 4.39 Å². The molecule has 0 heterocycles. The Balaban J connectivity index is 2.38. The summed E-state index contributed by atoms with van der Waals surface area (Å²) in [5, 5.41) is 0. The van der Waals surface area contributed by atoms with Crippen LogP contribution >= 0.6 is 0 Å². The summed E-state index contributed by atoms with van der Waals surface area (Å²) < 4.78 is 18.6. The number of nitrogens with zero attached hydrogens (tertiary/aromatic N) is 1. The number of likely N-dealkylation sites (N-methyl/N-ethyl adjacent to an activating group) is 1. The van der Waals surface area contributed by atoms with Gasteiger partial charge in [0.1, 0.15) is 6.61 Å². The predicted molar refractivity (Wildman–Crippen MR) is 77.0 cm³/mol. The summed E-state index contributed by atoms with van der Waals surface area (Å²) in [6.45, 7) is 4.65. The van der Waals surface area contributed by atoms with Gasteiger partial charge in [-0.1, -0.05) is 26.0 Å². The van der Waals surface area contributed by atoms with Crippen molar-refractivity contribution in [3.05, 3.63) is 30.1 Å². The van der Waals surface area contributed by atoms with Crippen LogP contribution in [0.2, 0.25) is 0 Å². The Bertz CT molecular complexity index is 438. The van der Waals surface area contributed by atoms with Crippen molar-refractivity contribution in [3.63, 3.8) is 0 Å². The molecule has 0 spiro atoms. The number of hydrogen-bond donors (Lipinski definition) is 1. The van der Waals surface area contributed by atoms with E-state index in [1.165, 1.54) is 11.0 Å². The highest BCUT2D eigenvalue weighted by Crippen LogP contribution is 2.15. The summed E-state index contributed by atoms with van der Waals surface area (Å²) in [7, 11) is 1.67. The molecule has 1 rings (SSSR count). The summed E-state index contributed by atoms with van der Waals surface area (Å²) in [5.74, 6) is 0.0469. The molecule has 1 aromatic rings. The van der Waals surface area contributed by atoms with Crippen molar-refractivity contribution in [3.8, 4) is 5.75 Å². The van der Waals surface area contributed by atoms with E-state index in [0.29, 0.717) is 18.9 Å². The molecular weight excluding hydrogens is 259 g/mol. The molecule has 5 heteroatoms. The SMILES string of the molecule is CC(C)C[C@H](N)C(=O)N(C)CCOc1ccccc1F. The molecule has 0 aliphatic rings. The second kappa shape index (κ2) is 7.85. The van der Waals surface area contributed by atoms with Gasteiger partial charge in [-0.3, -0.25) is 4.79 Å². The first-order chi connectivity index (χ1) is 9.41. The van der Waals surface area contributed by atoms with E-state index in [1.807, 2.05) is 13.8 Å². The van der Waals surface area contributed by atoms with Crippen molar-refractivity contribution in [1.82, 2.24) is 4.90 Å². The minimum atomic E-state index is -0.492. The van der Waals surface area contributed by atoms with Crippen molar-refractivity contribution in [1.29, 1.82) is 0 Å². The molecule has 20 heavy (non-hydrogen) atoms. The molecule has 112 valence electrons. The number of hydrogen-bond acceptors (Lipinski definition) is 3. The molecule has 0 radical (unpaired) electrons. The summed E-state index contributed by atoms with van der Waals surface area (Å²) in [4.78, 5) is 13.5. The van der Waals surface area contributed by atoms with Gasteiger partial charge in [0, 0.05) is 7.05 Å². The second-order valence-electron chi connectivity index (χ2n) is 5.27. The highest BCUT2D eigenvalue weighted by molar-refractivity contribution is 5.81. The van der Waals surface area contributed by atoms with Gasteiger partial charge < -0.3 is 15.4 Å². The Labute approximate surface area is 119 Å². The molecule has 0 fully saturated rings. The number of rotatable bonds is 7. The van der Waals surface area contributed by atoms with Gasteiger partial charge in [0.15, 0.2) is 11.6 Å². The monoisotopic (exact) mass is 282 g/mol. The van der Waals surface area contributed by atoms with E-state index in [9.17, 15) is 9.18 Å². The lowest BCUT2D eigenvalue weighted by Crippen LogP contribution is -2.43. The number of ether oxygens (including phenoxy) is 1. The third-order valence-corrected chi connectivity index (χ3v) is 2.94. The van der Waals surface area contributed by atoms with Crippen LogP contribution < -0.4 is 10.5 Å². The minimum Gasteiger partial charge on any atom is -0.489 e. The molecule has 0 unspecified atom stereocenters. The average molecular weight is 282 g/mol. The third-order valence-electron chi connectivity index (χ3n) is 2.94. The Morgan fingerprint density at radius 3 is 2.65 bits per heavy atom. The van der Waals surface area contributed by atoms with Gasteiger partial charge in [-0.05, 0) is 24.5 Å². The van der Waals surface area contributed by atoms with Crippen LogP contribution in [0.25, 0.3) is 0 Å². The van der Waals surface area contributed by atoms with E-state index in [2.05, 4.69) is 0 Å². The van der Waals surface area contributed by atoms with Gasteiger partial charge in [0.25, 0.3) is 0 Å². The van der Waals surface area contributed by atoms with Crippen molar-refractivity contribution in [2.24, 2.45) is 11.7 Å². The summed E-state index contributed by atoms with van der Waals surface area (Å²) in [6, 6.07) is 5.70. The topological polar surface area (TPSA) is 55.6 Å². The highest BCUT2D eigenvalue weighted by atomic mass is 19.1. The van der Waals surface area contributed by atoms with E-state index < -0.39 is 11.9 Å². The van der Waals surface area contributed by atoms with Gasteiger partial charge in [-0.15, -0.1) is 0 Å². The van der Waals surface area contributed by atoms with Gasteiger partial charge in [-0.2, -0.15) is 0 Å². The Hall–Kier alpha value is -1.62. The van der Waals surface area contributed by atoms with Crippen molar-refractivity contribution in [2.75, 3.05) is 20.2 Å². The first kappa shape index (κ1) is 16.4. The Morgan fingerprint density at radius 1 is 1.40 bits per heavy atom. The smallest absolute Gasteiger partial charge is 0.239 e. The lowest BCUT2D eigenvalue weighted by Gasteiger charge is -2.22. The van der Waals surface area contributed by atoms with Gasteiger partial charge in [-0.25, -0.2) is 4.39 Å². The van der Waals surface area contributed by atoms with Gasteiger partial charge in [0.2, 0.25) is 5.91 Å². The molecule has 1 atom stereocenters. The summed E-state index contributed by atoms with van der Waals surface area (Å²) in [5.41, 5.74) is 5.83. The zero-order valence-corrected chi connectivity index (χ0v) is 12.3. The Morgan fingerprint density at radius 2 is 2.05 bits per heavy atom. The van der Waals surface area contributed by atoms with Crippen LogP contribution in [0.5, 0.6) is 5.75 Å². The molecule has 2 N–H and O–H groups in total. The number of benzene rings is 1. The minimum absolute atomic E-state index is 0.115. The molecule has 0 aliphatic heterocycles. The molecule has 1 amide bonds. The fourth-order valence-corrected chi connectivity index (χ4v) is 1.86. The fourth-order valence-electron chi connectivity index (χ4n) is 1.86. The van der Waals surface area contributed by atoms with E-state index in [-0.39, 0.29) is 18.3 Å². The number of para-hydroxylation sites is 1. The lowest BCUT2D eigenvalue weighted by molar-refractivity contribution is -0.132. The van der Waals surface area contributed by atoms with Crippen LogP contribution in [0.3, 0.4) is 0 Å². The van der Waals surface area contributed by atoms with Crippen LogP contribution in [-0.2, 0) is 4.79 Å². The summed E-state index contributed by atoms with van der Waals surface area (Å²) in [6.07, 6.45) is 0.650. The standard InChI is InChI=1S/C15H23FN2O2/c1-11(2)10-13(17)15(19)18(3)8-9-20-14-7-5-4-6-12(14)16/h4-7,11,13H,8-10,17H2,1-3H3/t13-/m0/s1. The van der Waals surface area contributed by atoms with Crippen LogP contribution in [-0.4, -0.2) is 37.0 Å². The number of carbonyl (C=O) groups is 1. The number of halogens is 1.